The third-order valence-electron chi connectivity index (χ3n) is 2.85. The van der Waals surface area contributed by atoms with Gasteiger partial charge < -0.3 is 14.8 Å². The van der Waals surface area contributed by atoms with Crippen LogP contribution < -0.4 is 14.8 Å². The van der Waals surface area contributed by atoms with Gasteiger partial charge in [0.25, 0.3) is 0 Å². The lowest BCUT2D eigenvalue weighted by Crippen LogP contribution is -2.83. The van der Waals surface area contributed by atoms with Crippen LogP contribution in [-0.4, -0.2) is 20.3 Å². The zero-order chi connectivity index (χ0) is 13.3. The lowest BCUT2D eigenvalue weighted by molar-refractivity contribution is -0.671. The number of hydrogen-bond acceptors (Lipinski definition) is 2. The Morgan fingerprint density at radius 3 is 2.53 bits per heavy atom. The molecule has 0 amide bonds. The molecule has 0 bridgehead atoms. The van der Waals surface area contributed by atoms with E-state index in [1.165, 1.54) is 5.56 Å². The van der Waals surface area contributed by atoms with Gasteiger partial charge in [-0.15, -0.1) is 0 Å². The Hall–Kier alpha value is -2.00. The Morgan fingerprint density at radius 2 is 1.74 bits per heavy atom. The summed E-state index contributed by atoms with van der Waals surface area (Å²) in [5.74, 6) is 1.68. The fourth-order valence-electron chi connectivity index (χ4n) is 1.83. The summed E-state index contributed by atoms with van der Waals surface area (Å²) >= 11 is 0. The Labute approximate surface area is 114 Å². The van der Waals surface area contributed by atoms with Gasteiger partial charge in [0, 0.05) is 11.6 Å². The van der Waals surface area contributed by atoms with Crippen LogP contribution >= 0.6 is 0 Å². The topological polar surface area (TPSA) is 35.1 Å². The van der Waals surface area contributed by atoms with Gasteiger partial charge >= 0.3 is 0 Å². The van der Waals surface area contributed by atoms with E-state index < -0.39 is 0 Å². The number of rotatable bonds is 7. The first kappa shape index (κ1) is 13.4. The minimum absolute atomic E-state index is 0.694. The summed E-state index contributed by atoms with van der Waals surface area (Å²) in [4.78, 5) is 0. The summed E-state index contributed by atoms with van der Waals surface area (Å²) in [5.41, 5.74) is 1.34. The molecule has 3 heteroatoms. The SMILES string of the molecule is COc1cccc(OCC[NH2+]Cc2ccccc2)c1. The minimum Gasteiger partial charge on any atom is -0.497 e. The standard InChI is InChI=1S/C16H19NO2/c1-18-15-8-5-9-16(12-15)19-11-10-17-13-14-6-3-2-4-7-14/h2-9,12,17H,10-11,13H2,1H3/p+1. The molecule has 3 nitrogen and oxygen atoms in total. The second-order valence-corrected chi connectivity index (χ2v) is 4.29. The third kappa shape index (κ3) is 4.64. The van der Waals surface area contributed by atoms with E-state index in [9.17, 15) is 0 Å². The van der Waals surface area contributed by atoms with E-state index in [-0.39, 0.29) is 0 Å². The molecule has 0 aliphatic heterocycles. The normalized spacial score (nSPS) is 10.2. The summed E-state index contributed by atoms with van der Waals surface area (Å²) in [6.45, 7) is 2.62. The number of quaternary nitrogens is 1. The van der Waals surface area contributed by atoms with Gasteiger partial charge in [-0.25, -0.2) is 0 Å². The number of benzene rings is 2. The van der Waals surface area contributed by atoms with Crippen LogP contribution in [0.3, 0.4) is 0 Å². The van der Waals surface area contributed by atoms with Crippen molar-refractivity contribution in [3.63, 3.8) is 0 Å². The lowest BCUT2D eigenvalue weighted by atomic mass is 10.2. The van der Waals surface area contributed by atoms with Crippen LogP contribution in [-0.2, 0) is 6.54 Å². The molecule has 0 aliphatic rings. The Kier molecular flexibility index (Phi) is 5.26. The molecule has 100 valence electrons. The van der Waals surface area contributed by atoms with E-state index in [1.807, 2.05) is 30.3 Å². The van der Waals surface area contributed by atoms with E-state index >= 15 is 0 Å². The average Bonchev–Trinajstić information content (AvgIpc) is 2.48. The Bertz CT molecular complexity index is 485. The molecule has 2 aromatic carbocycles. The molecule has 0 atom stereocenters. The molecule has 19 heavy (non-hydrogen) atoms. The van der Waals surface area contributed by atoms with Crippen molar-refractivity contribution >= 4 is 0 Å². The molecule has 2 rings (SSSR count). The third-order valence-corrected chi connectivity index (χ3v) is 2.85. The Balaban J connectivity index is 1.66. The number of nitrogens with two attached hydrogens (primary N) is 1. The summed E-state index contributed by atoms with van der Waals surface area (Å²) in [6.07, 6.45) is 0. The molecule has 0 saturated carbocycles. The summed E-state index contributed by atoms with van der Waals surface area (Å²) in [7, 11) is 1.66. The van der Waals surface area contributed by atoms with Crippen LogP contribution in [0.25, 0.3) is 0 Å². The van der Waals surface area contributed by atoms with Crippen LogP contribution in [0.2, 0.25) is 0 Å². The highest BCUT2D eigenvalue weighted by Crippen LogP contribution is 2.18. The van der Waals surface area contributed by atoms with Crippen LogP contribution in [0, 0.1) is 0 Å². The highest BCUT2D eigenvalue weighted by atomic mass is 16.5. The van der Waals surface area contributed by atoms with Crippen molar-refractivity contribution in [2.45, 2.75) is 6.54 Å². The summed E-state index contributed by atoms with van der Waals surface area (Å²) < 4.78 is 10.8. The second kappa shape index (κ2) is 7.44. The second-order valence-electron chi connectivity index (χ2n) is 4.29. The van der Waals surface area contributed by atoms with Crippen molar-refractivity contribution < 1.29 is 14.8 Å². The van der Waals surface area contributed by atoms with Gasteiger partial charge in [0.05, 0.1) is 7.11 Å². The smallest absolute Gasteiger partial charge is 0.137 e. The fourth-order valence-corrected chi connectivity index (χ4v) is 1.83. The van der Waals surface area contributed by atoms with Crippen molar-refractivity contribution in [1.82, 2.24) is 0 Å². The molecule has 0 aliphatic carbocycles. The molecule has 2 N–H and O–H groups in total. The molecule has 0 fully saturated rings. The van der Waals surface area contributed by atoms with Gasteiger partial charge in [-0.1, -0.05) is 36.4 Å². The molecule has 0 unspecified atom stereocenters. The fraction of sp³-hybridized carbons (Fsp3) is 0.250. The molecular weight excluding hydrogens is 238 g/mol. The van der Waals surface area contributed by atoms with Crippen molar-refractivity contribution in [1.29, 1.82) is 0 Å². The maximum absolute atomic E-state index is 5.68. The average molecular weight is 258 g/mol. The van der Waals surface area contributed by atoms with Gasteiger partial charge in [-0.3, -0.25) is 0 Å². The highest BCUT2D eigenvalue weighted by Gasteiger charge is 1.98. The van der Waals surface area contributed by atoms with E-state index in [0.29, 0.717) is 6.61 Å². The minimum atomic E-state index is 0.694. The van der Waals surface area contributed by atoms with E-state index in [0.717, 1.165) is 24.6 Å². The van der Waals surface area contributed by atoms with Crippen molar-refractivity contribution in [2.24, 2.45) is 0 Å². The van der Waals surface area contributed by atoms with Crippen molar-refractivity contribution in [3.05, 3.63) is 60.2 Å². The number of hydrogen-bond donors (Lipinski definition) is 1. The Morgan fingerprint density at radius 1 is 0.947 bits per heavy atom. The van der Waals surface area contributed by atoms with Crippen LogP contribution in [0.5, 0.6) is 11.5 Å². The molecule has 0 spiro atoms. The van der Waals surface area contributed by atoms with E-state index in [2.05, 4.69) is 29.6 Å². The largest absolute Gasteiger partial charge is 0.497 e. The monoisotopic (exact) mass is 258 g/mol. The van der Waals surface area contributed by atoms with Gasteiger partial charge in [-0.05, 0) is 12.1 Å². The lowest BCUT2D eigenvalue weighted by Gasteiger charge is -2.07. The summed E-state index contributed by atoms with van der Waals surface area (Å²) in [5, 5.41) is 2.25. The molecule has 2 aromatic rings. The maximum atomic E-state index is 5.68. The first-order chi connectivity index (χ1) is 9.38. The predicted molar refractivity (Wildman–Crippen MR) is 75.4 cm³/mol. The van der Waals surface area contributed by atoms with Gasteiger partial charge in [0.1, 0.15) is 31.2 Å². The number of methoxy groups -OCH3 is 1. The van der Waals surface area contributed by atoms with E-state index in [1.54, 1.807) is 7.11 Å². The molecular formula is C16H20NO2+. The van der Waals surface area contributed by atoms with Crippen molar-refractivity contribution in [2.75, 3.05) is 20.3 Å². The van der Waals surface area contributed by atoms with E-state index in [4.69, 9.17) is 9.47 Å². The van der Waals surface area contributed by atoms with Crippen LogP contribution in [0.15, 0.2) is 54.6 Å². The zero-order valence-corrected chi connectivity index (χ0v) is 11.2. The van der Waals surface area contributed by atoms with Crippen LogP contribution in [0.1, 0.15) is 5.56 Å². The van der Waals surface area contributed by atoms with Gasteiger partial charge in [-0.2, -0.15) is 0 Å². The summed E-state index contributed by atoms with van der Waals surface area (Å²) in [6, 6.07) is 18.1. The van der Waals surface area contributed by atoms with Gasteiger partial charge in [0.15, 0.2) is 0 Å². The molecule has 0 heterocycles. The molecule has 0 aromatic heterocycles. The first-order valence-electron chi connectivity index (χ1n) is 6.51. The maximum Gasteiger partial charge on any atom is 0.137 e. The quantitative estimate of drug-likeness (QED) is 0.769. The predicted octanol–water partition coefficient (Wildman–Crippen LogP) is 1.84. The first-order valence-corrected chi connectivity index (χ1v) is 6.51. The zero-order valence-electron chi connectivity index (χ0n) is 11.2. The highest BCUT2D eigenvalue weighted by molar-refractivity contribution is 5.32. The van der Waals surface area contributed by atoms with Gasteiger partial charge in [0.2, 0.25) is 0 Å². The molecule has 0 saturated heterocycles. The number of ether oxygens (including phenoxy) is 2. The van der Waals surface area contributed by atoms with Crippen LogP contribution in [0.4, 0.5) is 0 Å². The molecule has 0 radical (unpaired) electrons. The van der Waals surface area contributed by atoms with Crippen molar-refractivity contribution in [3.8, 4) is 11.5 Å².